The van der Waals surface area contributed by atoms with E-state index in [9.17, 15) is 4.79 Å². The van der Waals surface area contributed by atoms with Gasteiger partial charge in [0.05, 0.1) is 20.6 Å². The van der Waals surface area contributed by atoms with Gasteiger partial charge in [-0.3, -0.25) is 9.78 Å². The van der Waals surface area contributed by atoms with Crippen LogP contribution in [0.4, 0.5) is 0 Å². The molecule has 1 aliphatic carbocycles. The molecule has 1 aliphatic rings. The highest BCUT2D eigenvalue weighted by Crippen LogP contribution is 2.36. The Morgan fingerprint density at radius 3 is 2.74 bits per heavy atom. The van der Waals surface area contributed by atoms with Gasteiger partial charge in [-0.25, -0.2) is 0 Å². The average Bonchev–Trinajstić information content (AvgIpc) is 2.81. The monoisotopic (exact) mass is 291 g/mol. The molecule has 3 rings (SSSR count). The van der Waals surface area contributed by atoms with Gasteiger partial charge in [-0.1, -0.05) is 25.4 Å². The van der Waals surface area contributed by atoms with Gasteiger partial charge in [-0.2, -0.15) is 0 Å². The number of thiophene rings is 1. The molecule has 4 heteroatoms. The molecule has 0 saturated heterocycles. The van der Waals surface area contributed by atoms with Crippen molar-refractivity contribution in [1.29, 1.82) is 0 Å². The molecule has 2 nitrogen and oxygen atoms in total. The van der Waals surface area contributed by atoms with Crippen molar-refractivity contribution in [3.05, 3.63) is 39.9 Å². The number of hydrogen-bond acceptors (Lipinski definition) is 3. The molecule has 0 saturated carbocycles. The summed E-state index contributed by atoms with van der Waals surface area (Å²) >= 11 is 7.46. The fourth-order valence-electron chi connectivity index (χ4n) is 2.40. The first-order valence-electron chi connectivity index (χ1n) is 6.28. The van der Waals surface area contributed by atoms with Crippen LogP contribution in [0.2, 0.25) is 4.34 Å². The first-order chi connectivity index (χ1) is 8.97. The normalized spacial score (nSPS) is 17.3. The molecule has 0 radical (unpaired) electrons. The van der Waals surface area contributed by atoms with Gasteiger partial charge >= 0.3 is 0 Å². The number of pyridine rings is 1. The average molecular weight is 292 g/mol. The van der Waals surface area contributed by atoms with Crippen molar-refractivity contribution in [2.75, 3.05) is 0 Å². The predicted octanol–water partition coefficient (Wildman–Crippen LogP) is 4.62. The van der Waals surface area contributed by atoms with Crippen molar-refractivity contribution in [2.24, 2.45) is 5.41 Å². The molecular weight excluding hydrogens is 278 g/mol. The summed E-state index contributed by atoms with van der Waals surface area (Å²) < 4.78 is 0.756. The van der Waals surface area contributed by atoms with E-state index in [4.69, 9.17) is 11.6 Å². The number of carbonyl (C=O) groups excluding carboxylic acids is 1. The second-order valence-electron chi connectivity index (χ2n) is 5.51. The highest BCUT2D eigenvalue weighted by Gasteiger charge is 2.34. The maximum absolute atomic E-state index is 12.3. The maximum Gasteiger partial charge on any atom is 0.170 e. The summed E-state index contributed by atoms with van der Waals surface area (Å²) in [6.45, 7) is 4.01. The zero-order valence-corrected chi connectivity index (χ0v) is 12.4. The van der Waals surface area contributed by atoms with E-state index < -0.39 is 0 Å². The number of rotatable bonds is 1. The Balaban J connectivity index is 2.04. The Morgan fingerprint density at radius 1 is 1.26 bits per heavy atom. The van der Waals surface area contributed by atoms with E-state index in [1.165, 1.54) is 11.3 Å². The Morgan fingerprint density at radius 2 is 2.05 bits per heavy atom. The zero-order valence-electron chi connectivity index (χ0n) is 10.9. The van der Waals surface area contributed by atoms with Crippen LogP contribution < -0.4 is 0 Å². The van der Waals surface area contributed by atoms with Crippen LogP contribution in [0.25, 0.3) is 10.6 Å². The second kappa shape index (κ2) is 4.43. The first kappa shape index (κ1) is 12.8. The number of aromatic nitrogens is 1. The topological polar surface area (TPSA) is 30.0 Å². The Labute approximate surface area is 121 Å². The van der Waals surface area contributed by atoms with Gasteiger partial charge < -0.3 is 0 Å². The highest BCUT2D eigenvalue weighted by atomic mass is 35.5. The second-order valence-corrected chi connectivity index (χ2v) is 7.22. The molecule has 2 heterocycles. The number of hydrogen-bond donors (Lipinski definition) is 0. The molecule has 0 N–H and O–H groups in total. The third kappa shape index (κ3) is 2.21. The van der Waals surface area contributed by atoms with Crippen LogP contribution in [0.3, 0.4) is 0 Å². The molecule has 0 unspecified atom stereocenters. The Bertz CT molecular complexity index is 660. The number of fused-ring (bicyclic) bond motifs is 1. The highest BCUT2D eigenvalue weighted by molar-refractivity contribution is 7.19. The molecule has 0 aliphatic heterocycles. The molecule has 0 atom stereocenters. The lowest BCUT2D eigenvalue weighted by Gasteiger charge is -2.29. The van der Waals surface area contributed by atoms with Crippen LogP contribution in [-0.4, -0.2) is 10.8 Å². The van der Waals surface area contributed by atoms with Crippen LogP contribution in [0.1, 0.15) is 36.3 Å². The minimum absolute atomic E-state index is 0.206. The summed E-state index contributed by atoms with van der Waals surface area (Å²) in [5, 5.41) is 0. The molecule has 2 aromatic heterocycles. The Kier molecular flexibility index (Phi) is 2.99. The molecule has 0 fully saturated rings. The standard InChI is InChI=1S/C15H14ClNOS/c1-15(2)8-7-10-9(14(15)18)3-4-11(17-10)12-5-6-13(16)19-12/h3-6H,7-8H2,1-2H3. The number of halogens is 1. The smallest absolute Gasteiger partial charge is 0.170 e. The van der Waals surface area contributed by atoms with Crippen molar-refractivity contribution in [3.8, 4) is 10.6 Å². The van der Waals surface area contributed by atoms with E-state index in [0.717, 1.165) is 39.0 Å². The van der Waals surface area contributed by atoms with Gasteiger partial charge in [0.15, 0.2) is 5.78 Å². The first-order valence-corrected chi connectivity index (χ1v) is 7.47. The molecule has 2 aromatic rings. The fourth-order valence-corrected chi connectivity index (χ4v) is 3.41. The molecule has 0 aromatic carbocycles. The van der Waals surface area contributed by atoms with E-state index in [-0.39, 0.29) is 11.2 Å². The van der Waals surface area contributed by atoms with Crippen molar-refractivity contribution in [3.63, 3.8) is 0 Å². The zero-order chi connectivity index (χ0) is 13.6. The summed E-state index contributed by atoms with van der Waals surface area (Å²) in [7, 11) is 0. The minimum atomic E-state index is -0.261. The number of Topliss-reactive ketones (excluding diaryl/α,β-unsaturated/α-hetero) is 1. The number of nitrogens with zero attached hydrogens (tertiary/aromatic N) is 1. The molecule has 98 valence electrons. The molecule has 19 heavy (non-hydrogen) atoms. The van der Waals surface area contributed by atoms with E-state index in [0.29, 0.717) is 0 Å². The Hall–Kier alpha value is -1.19. The fraction of sp³-hybridized carbons (Fsp3) is 0.333. The van der Waals surface area contributed by atoms with Crippen molar-refractivity contribution in [2.45, 2.75) is 26.7 Å². The van der Waals surface area contributed by atoms with Crippen molar-refractivity contribution >= 4 is 28.7 Å². The van der Waals surface area contributed by atoms with Crippen LogP contribution in [0.15, 0.2) is 24.3 Å². The van der Waals surface area contributed by atoms with E-state index >= 15 is 0 Å². The van der Waals surface area contributed by atoms with Gasteiger partial charge in [-0.05, 0) is 37.1 Å². The number of aryl methyl sites for hydroxylation is 1. The van der Waals surface area contributed by atoms with E-state index in [1.54, 1.807) is 0 Å². The van der Waals surface area contributed by atoms with Crippen molar-refractivity contribution < 1.29 is 4.79 Å². The molecular formula is C15H14ClNOS. The third-order valence-electron chi connectivity index (χ3n) is 3.65. The largest absolute Gasteiger partial charge is 0.294 e. The van der Waals surface area contributed by atoms with Gasteiger partial charge in [0.25, 0.3) is 0 Å². The van der Waals surface area contributed by atoms with Gasteiger partial charge in [0.2, 0.25) is 0 Å². The lowest BCUT2D eigenvalue weighted by atomic mass is 9.75. The summed E-state index contributed by atoms with van der Waals surface area (Å²) in [5.41, 5.74) is 2.35. The SMILES string of the molecule is CC1(C)CCc2nc(-c3ccc(Cl)s3)ccc2C1=O. The quantitative estimate of drug-likeness (QED) is 0.767. The summed E-state index contributed by atoms with van der Waals surface area (Å²) in [5.74, 6) is 0.206. The van der Waals surface area contributed by atoms with Crippen LogP contribution in [0.5, 0.6) is 0 Å². The van der Waals surface area contributed by atoms with Crippen LogP contribution in [0, 0.1) is 5.41 Å². The summed E-state index contributed by atoms with van der Waals surface area (Å²) in [4.78, 5) is 18.0. The van der Waals surface area contributed by atoms with Gasteiger partial charge in [0, 0.05) is 11.0 Å². The molecule has 0 amide bonds. The van der Waals surface area contributed by atoms with Crippen LogP contribution >= 0.6 is 22.9 Å². The molecule has 0 bridgehead atoms. The van der Waals surface area contributed by atoms with Crippen LogP contribution in [-0.2, 0) is 6.42 Å². The third-order valence-corrected chi connectivity index (χ3v) is 4.90. The minimum Gasteiger partial charge on any atom is -0.294 e. The van der Waals surface area contributed by atoms with Crippen molar-refractivity contribution in [1.82, 2.24) is 4.98 Å². The summed E-state index contributed by atoms with van der Waals surface area (Å²) in [6.07, 6.45) is 1.72. The van der Waals surface area contributed by atoms with Gasteiger partial charge in [0.1, 0.15) is 0 Å². The lowest BCUT2D eigenvalue weighted by Crippen LogP contribution is -2.30. The van der Waals surface area contributed by atoms with E-state index in [2.05, 4.69) is 4.98 Å². The maximum atomic E-state index is 12.3. The molecule has 0 spiro atoms. The number of ketones is 1. The number of carbonyl (C=O) groups is 1. The lowest BCUT2D eigenvalue weighted by molar-refractivity contribution is 0.0809. The summed E-state index contributed by atoms with van der Waals surface area (Å²) in [6, 6.07) is 7.67. The van der Waals surface area contributed by atoms with Gasteiger partial charge in [-0.15, -0.1) is 11.3 Å². The predicted molar refractivity (Wildman–Crippen MR) is 79.0 cm³/mol. The van der Waals surface area contributed by atoms with E-state index in [1.807, 2.05) is 38.1 Å².